The van der Waals surface area contributed by atoms with Gasteiger partial charge in [0.2, 0.25) is 5.91 Å². The lowest BCUT2D eigenvalue weighted by Gasteiger charge is -2.31. The maximum absolute atomic E-state index is 13.9. The Bertz CT molecular complexity index is 1470. The number of carbonyl (C=O) groups excluding carboxylic acids is 2. The first-order chi connectivity index (χ1) is 21.1. The first kappa shape index (κ1) is 30.6. The number of hydrogen-bond acceptors (Lipinski definition) is 5. The quantitative estimate of drug-likeness (QED) is 0.263. The van der Waals surface area contributed by atoms with E-state index in [1.165, 1.54) is 7.11 Å². The van der Waals surface area contributed by atoms with Gasteiger partial charge in [0, 0.05) is 43.9 Å². The lowest BCUT2D eigenvalue weighted by Crippen LogP contribution is -2.48. The number of anilines is 1. The highest BCUT2D eigenvalue weighted by molar-refractivity contribution is 5.99. The van der Waals surface area contributed by atoms with Crippen molar-refractivity contribution in [1.82, 2.24) is 10.2 Å². The highest BCUT2D eigenvalue weighted by Gasteiger charge is 2.55. The average Bonchev–Trinajstić information content (AvgIpc) is 3.67. The zero-order valence-corrected chi connectivity index (χ0v) is 24.6. The molecule has 3 aliphatic carbocycles. The van der Waals surface area contributed by atoms with Gasteiger partial charge in [0.05, 0.1) is 24.2 Å². The number of fused-ring (bicyclic) bond motifs is 3. The number of hydrogen-bond donors (Lipinski definition) is 3. The number of allylic oxidation sites excluding steroid dienone is 1. The minimum atomic E-state index is -4.91. The number of methoxy groups -OCH3 is 1. The van der Waals surface area contributed by atoms with Crippen molar-refractivity contribution in [2.24, 2.45) is 23.7 Å². The minimum Gasteiger partial charge on any atom is -0.496 e. The summed E-state index contributed by atoms with van der Waals surface area (Å²) in [5.74, 6) is -2.29. The van der Waals surface area contributed by atoms with Crippen LogP contribution in [0.3, 0.4) is 0 Å². The van der Waals surface area contributed by atoms with E-state index in [0.717, 1.165) is 68.0 Å². The standard InChI is InChI=1S/C33H37F4N3O4/c1-44-28-15-19-9-11-40(10-2-12-41)17-20(19)14-25(28)31(42)39-30-23-7-6-22(24(23)13-18-3-4-18)29(30)32(43)38-21-5-8-27(34)26(16-21)33(35,36)37/h5,8,13-16,18,22-23,29-30,41H,2-4,6-7,9-12,17H2,1H3,(H,38,43)(H,39,42)/t22-,23+,29-,30+/m0/s1. The van der Waals surface area contributed by atoms with Crippen molar-refractivity contribution >= 4 is 17.5 Å². The Morgan fingerprint density at radius 1 is 1.09 bits per heavy atom. The van der Waals surface area contributed by atoms with Crippen molar-refractivity contribution in [3.05, 3.63) is 70.1 Å². The van der Waals surface area contributed by atoms with Crippen LogP contribution >= 0.6 is 0 Å². The van der Waals surface area contributed by atoms with E-state index in [0.29, 0.717) is 42.3 Å². The monoisotopic (exact) mass is 615 g/mol. The number of nitrogens with zero attached hydrogens (tertiary/aromatic N) is 1. The molecule has 2 aromatic carbocycles. The number of rotatable bonds is 9. The molecule has 0 radical (unpaired) electrons. The molecule has 3 N–H and O–H groups in total. The molecule has 4 atom stereocenters. The molecule has 0 unspecified atom stereocenters. The number of nitrogens with one attached hydrogen (secondary N) is 2. The van der Waals surface area contributed by atoms with E-state index in [2.05, 4.69) is 21.6 Å². The van der Waals surface area contributed by atoms with Crippen molar-refractivity contribution in [3.8, 4) is 5.75 Å². The lowest BCUT2D eigenvalue weighted by molar-refractivity contribution is -0.140. The van der Waals surface area contributed by atoms with E-state index >= 15 is 0 Å². The van der Waals surface area contributed by atoms with Gasteiger partial charge < -0.3 is 20.5 Å². The number of aliphatic hydroxyl groups excluding tert-OH is 1. The molecule has 236 valence electrons. The number of carbonyl (C=O) groups is 2. The fourth-order valence-electron chi connectivity index (χ4n) is 7.31. The van der Waals surface area contributed by atoms with Crippen LogP contribution in [0, 0.1) is 29.5 Å². The van der Waals surface area contributed by atoms with Gasteiger partial charge in [-0.15, -0.1) is 0 Å². The van der Waals surface area contributed by atoms with E-state index < -0.39 is 35.4 Å². The van der Waals surface area contributed by atoms with Gasteiger partial charge in [-0.1, -0.05) is 11.6 Å². The van der Waals surface area contributed by atoms with Gasteiger partial charge in [0.25, 0.3) is 5.91 Å². The van der Waals surface area contributed by atoms with Gasteiger partial charge in [-0.25, -0.2) is 4.39 Å². The summed E-state index contributed by atoms with van der Waals surface area (Å²) in [6, 6.07) is 5.60. The average molecular weight is 616 g/mol. The first-order valence-electron chi connectivity index (χ1n) is 15.3. The maximum Gasteiger partial charge on any atom is 0.419 e. The predicted molar refractivity (Wildman–Crippen MR) is 155 cm³/mol. The Morgan fingerprint density at radius 2 is 1.86 bits per heavy atom. The molecule has 2 aromatic rings. The van der Waals surface area contributed by atoms with E-state index in [-0.39, 0.29) is 30.0 Å². The summed E-state index contributed by atoms with van der Waals surface area (Å²) >= 11 is 0. The summed E-state index contributed by atoms with van der Waals surface area (Å²) in [5, 5.41) is 15.0. The highest BCUT2D eigenvalue weighted by Crippen LogP contribution is 2.54. The van der Waals surface area contributed by atoms with Gasteiger partial charge in [-0.05, 0) is 91.8 Å². The van der Waals surface area contributed by atoms with Gasteiger partial charge in [-0.2, -0.15) is 13.2 Å². The molecule has 3 saturated carbocycles. The number of aliphatic hydroxyl groups is 1. The third-order valence-corrected chi connectivity index (χ3v) is 9.58. The summed E-state index contributed by atoms with van der Waals surface area (Å²) in [6.07, 6.45) is 2.49. The third kappa shape index (κ3) is 6.08. The van der Waals surface area contributed by atoms with Crippen LogP contribution in [-0.2, 0) is 23.9 Å². The molecule has 1 aliphatic heterocycles. The zero-order chi connectivity index (χ0) is 31.2. The van der Waals surface area contributed by atoms with Crippen LogP contribution in [0.1, 0.15) is 59.2 Å². The Kier molecular flexibility index (Phi) is 8.45. The lowest BCUT2D eigenvalue weighted by atomic mass is 9.83. The number of alkyl halides is 3. The zero-order valence-electron chi connectivity index (χ0n) is 24.6. The van der Waals surface area contributed by atoms with E-state index in [1.807, 2.05) is 12.1 Å². The van der Waals surface area contributed by atoms with Crippen LogP contribution in [0.15, 0.2) is 42.0 Å². The van der Waals surface area contributed by atoms with Crippen LogP contribution in [0.5, 0.6) is 5.75 Å². The van der Waals surface area contributed by atoms with Crippen LogP contribution < -0.4 is 15.4 Å². The number of halogens is 4. The molecule has 4 aliphatic rings. The van der Waals surface area contributed by atoms with Crippen molar-refractivity contribution in [1.29, 1.82) is 0 Å². The summed E-state index contributed by atoms with van der Waals surface area (Å²) in [5.41, 5.74) is 2.02. The number of benzene rings is 2. The molecule has 2 bridgehead atoms. The molecule has 44 heavy (non-hydrogen) atoms. The van der Waals surface area contributed by atoms with Gasteiger partial charge >= 0.3 is 6.18 Å². The Labute approximate surface area is 253 Å². The second-order valence-electron chi connectivity index (χ2n) is 12.4. The molecule has 1 heterocycles. The second kappa shape index (κ2) is 12.2. The van der Waals surface area contributed by atoms with Crippen molar-refractivity contribution in [2.45, 2.75) is 57.3 Å². The van der Waals surface area contributed by atoms with E-state index in [4.69, 9.17) is 4.74 Å². The molecular formula is C33H37F4N3O4. The first-order valence-corrected chi connectivity index (χ1v) is 15.3. The Morgan fingerprint density at radius 3 is 2.57 bits per heavy atom. The van der Waals surface area contributed by atoms with E-state index in [1.54, 1.807) is 0 Å². The Hall–Kier alpha value is -3.44. The second-order valence-corrected chi connectivity index (χ2v) is 12.4. The molecular weight excluding hydrogens is 578 g/mol. The Balaban J connectivity index is 1.27. The van der Waals surface area contributed by atoms with Crippen LogP contribution in [0.25, 0.3) is 0 Å². The maximum atomic E-state index is 13.9. The summed E-state index contributed by atoms with van der Waals surface area (Å²) < 4.78 is 59.6. The normalized spacial score (nSPS) is 25.6. The molecule has 0 saturated heterocycles. The highest BCUT2D eigenvalue weighted by atomic mass is 19.4. The van der Waals surface area contributed by atoms with Crippen LogP contribution in [-0.4, -0.2) is 54.7 Å². The van der Waals surface area contributed by atoms with Crippen LogP contribution in [0.2, 0.25) is 0 Å². The largest absolute Gasteiger partial charge is 0.496 e. The van der Waals surface area contributed by atoms with E-state index in [9.17, 15) is 32.3 Å². The van der Waals surface area contributed by atoms with Gasteiger partial charge in [0.15, 0.2) is 0 Å². The summed E-state index contributed by atoms with van der Waals surface area (Å²) in [6.45, 7) is 2.35. The molecule has 3 fully saturated rings. The van der Waals surface area contributed by atoms with Crippen molar-refractivity contribution in [2.75, 3.05) is 32.1 Å². The molecule has 6 rings (SSSR count). The minimum absolute atomic E-state index is 0.0585. The topological polar surface area (TPSA) is 90.9 Å². The molecule has 7 nitrogen and oxygen atoms in total. The summed E-state index contributed by atoms with van der Waals surface area (Å²) in [7, 11) is 1.51. The van der Waals surface area contributed by atoms with Gasteiger partial charge in [0.1, 0.15) is 11.6 Å². The smallest absolute Gasteiger partial charge is 0.419 e. The number of amides is 2. The summed E-state index contributed by atoms with van der Waals surface area (Å²) in [4.78, 5) is 29.9. The number of ether oxygens (including phenoxy) is 1. The molecule has 2 amide bonds. The third-order valence-electron chi connectivity index (χ3n) is 9.58. The molecule has 11 heteroatoms. The SMILES string of the molecule is COc1cc2c(cc1C(=O)N[C@H]1[C@@H](C(=O)Nc3ccc(F)c(C(F)(F)F)c3)[C@H]3CC[C@@H]1C3=CC1CC1)CN(CCCO)CC2. The van der Waals surface area contributed by atoms with Crippen LogP contribution in [0.4, 0.5) is 23.2 Å². The fraction of sp³-hybridized carbons (Fsp3) is 0.515. The fourth-order valence-corrected chi connectivity index (χ4v) is 7.31. The predicted octanol–water partition coefficient (Wildman–Crippen LogP) is 5.32. The van der Waals surface area contributed by atoms with Gasteiger partial charge in [-0.3, -0.25) is 14.5 Å². The van der Waals surface area contributed by atoms with Crippen molar-refractivity contribution in [3.63, 3.8) is 0 Å². The molecule has 0 spiro atoms. The van der Waals surface area contributed by atoms with Crippen molar-refractivity contribution < 1.29 is 37.0 Å². The molecule has 0 aromatic heterocycles.